The SMILES string of the molecule is CCN(CCCC(C)CCN)C1CCCCC1. The lowest BCUT2D eigenvalue weighted by molar-refractivity contribution is 0.158. The van der Waals surface area contributed by atoms with Gasteiger partial charge in [0, 0.05) is 6.04 Å². The molecule has 0 aliphatic heterocycles. The van der Waals surface area contributed by atoms with E-state index in [4.69, 9.17) is 5.73 Å². The Morgan fingerprint density at radius 2 is 1.88 bits per heavy atom. The monoisotopic (exact) mass is 240 g/mol. The van der Waals surface area contributed by atoms with Crippen molar-refractivity contribution in [2.75, 3.05) is 19.6 Å². The molecule has 1 unspecified atom stereocenters. The Morgan fingerprint density at radius 1 is 1.18 bits per heavy atom. The van der Waals surface area contributed by atoms with Crippen LogP contribution in [0, 0.1) is 5.92 Å². The lowest BCUT2D eigenvalue weighted by atomic mass is 9.93. The molecule has 1 aliphatic carbocycles. The smallest absolute Gasteiger partial charge is 0.00951 e. The van der Waals surface area contributed by atoms with Crippen LogP contribution in [0.4, 0.5) is 0 Å². The van der Waals surface area contributed by atoms with Gasteiger partial charge in [0.15, 0.2) is 0 Å². The molecule has 0 amide bonds. The molecule has 0 heterocycles. The van der Waals surface area contributed by atoms with Gasteiger partial charge >= 0.3 is 0 Å². The molecule has 0 aromatic heterocycles. The second-order valence-electron chi connectivity index (χ2n) is 5.75. The first-order valence-corrected chi connectivity index (χ1v) is 7.72. The van der Waals surface area contributed by atoms with Gasteiger partial charge in [-0.05, 0) is 57.7 Å². The fraction of sp³-hybridized carbons (Fsp3) is 1.00. The molecular formula is C15H32N2. The summed E-state index contributed by atoms with van der Waals surface area (Å²) >= 11 is 0. The molecule has 2 N–H and O–H groups in total. The van der Waals surface area contributed by atoms with Gasteiger partial charge in [0.05, 0.1) is 0 Å². The van der Waals surface area contributed by atoms with Crippen molar-refractivity contribution in [2.24, 2.45) is 11.7 Å². The van der Waals surface area contributed by atoms with Crippen LogP contribution in [-0.4, -0.2) is 30.6 Å². The van der Waals surface area contributed by atoms with Crippen LogP contribution in [-0.2, 0) is 0 Å². The molecule has 1 saturated carbocycles. The summed E-state index contributed by atoms with van der Waals surface area (Å²) in [4.78, 5) is 2.72. The quantitative estimate of drug-likeness (QED) is 0.704. The first kappa shape index (κ1) is 15.0. The lowest BCUT2D eigenvalue weighted by Crippen LogP contribution is -2.37. The topological polar surface area (TPSA) is 29.3 Å². The number of nitrogens with zero attached hydrogens (tertiary/aromatic N) is 1. The van der Waals surface area contributed by atoms with E-state index in [0.717, 1.165) is 18.5 Å². The van der Waals surface area contributed by atoms with Crippen LogP contribution in [0.2, 0.25) is 0 Å². The van der Waals surface area contributed by atoms with Gasteiger partial charge < -0.3 is 10.6 Å². The van der Waals surface area contributed by atoms with E-state index in [1.165, 1.54) is 64.5 Å². The zero-order valence-corrected chi connectivity index (χ0v) is 12.0. The maximum Gasteiger partial charge on any atom is 0.00951 e. The summed E-state index contributed by atoms with van der Waals surface area (Å²) in [7, 11) is 0. The predicted octanol–water partition coefficient (Wildman–Crippen LogP) is 3.41. The van der Waals surface area contributed by atoms with Crippen LogP contribution in [0.25, 0.3) is 0 Å². The summed E-state index contributed by atoms with van der Waals surface area (Å²) in [6.07, 6.45) is 11.1. The van der Waals surface area contributed by atoms with E-state index in [0.29, 0.717) is 0 Å². The van der Waals surface area contributed by atoms with Gasteiger partial charge in [-0.3, -0.25) is 0 Å². The Bertz CT molecular complexity index is 176. The molecule has 0 aromatic carbocycles. The molecule has 0 saturated heterocycles. The van der Waals surface area contributed by atoms with Crippen LogP contribution in [0.1, 0.15) is 65.2 Å². The first-order valence-electron chi connectivity index (χ1n) is 7.72. The Labute approximate surface area is 108 Å². The molecule has 17 heavy (non-hydrogen) atoms. The normalized spacial score (nSPS) is 19.8. The molecule has 0 bridgehead atoms. The zero-order chi connectivity index (χ0) is 12.5. The van der Waals surface area contributed by atoms with Gasteiger partial charge in [-0.2, -0.15) is 0 Å². The second-order valence-corrected chi connectivity index (χ2v) is 5.75. The van der Waals surface area contributed by atoms with Gasteiger partial charge in [-0.25, -0.2) is 0 Å². The van der Waals surface area contributed by atoms with Crippen molar-refractivity contribution in [1.82, 2.24) is 4.90 Å². The average Bonchev–Trinajstić information content (AvgIpc) is 2.36. The molecule has 0 spiro atoms. The fourth-order valence-corrected chi connectivity index (χ4v) is 3.12. The minimum atomic E-state index is 0.810. The Kier molecular flexibility index (Phi) is 7.87. The predicted molar refractivity (Wildman–Crippen MR) is 76.2 cm³/mol. The van der Waals surface area contributed by atoms with Gasteiger partial charge in [-0.1, -0.05) is 33.1 Å². The third-order valence-electron chi connectivity index (χ3n) is 4.30. The van der Waals surface area contributed by atoms with Crippen molar-refractivity contribution < 1.29 is 0 Å². The summed E-state index contributed by atoms with van der Waals surface area (Å²) < 4.78 is 0. The number of nitrogens with two attached hydrogens (primary N) is 1. The molecule has 102 valence electrons. The van der Waals surface area contributed by atoms with Crippen molar-refractivity contribution in [2.45, 2.75) is 71.3 Å². The van der Waals surface area contributed by atoms with Gasteiger partial charge in [0.2, 0.25) is 0 Å². The molecule has 2 heteroatoms. The van der Waals surface area contributed by atoms with E-state index in [1.807, 2.05) is 0 Å². The molecular weight excluding hydrogens is 208 g/mol. The average molecular weight is 240 g/mol. The maximum atomic E-state index is 5.59. The van der Waals surface area contributed by atoms with Crippen LogP contribution in [0.15, 0.2) is 0 Å². The van der Waals surface area contributed by atoms with Crippen molar-refractivity contribution in [3.8, 4) is 0 Å². The summed E-state index contributed by atoms with van der Waals surface area (Å²) in [5.41, 5.74) is 5.59. The van der Waals surface area contributed by atoms with Crippen LogP contribution >= 0.6 is 0 Å². The zero-order valence-electron chi connectivity index (χ0n) is 12.0. The summed E-state index contributed by atoms with van der Waals surface area (Å²) in [5, 5.41) is 0. The van der Waals surface area contributed by atoms with E-state index in [9.17, 15) is 0 Å². The van der Waals surface area contributed by atoms with Crippen molar-refractivity contribution >= 4 is 0 Å². The van der Waals surface area contributed by atoms with Gasteiger partial charge in [0.25, 0.3) is 0 Å². The standard InChI is InChI=1S/C15H32N2/c1-3-17(15-9-5-4-6-10-15)13-7-8-14(2)11-12-16/h14-15H,3-13,16H2,1-2H3. The highest BCUT2D eigenvalue weighted by Crippen LogP contribution is 2.23. The third kappa shape index (κ3) is 5.87. The van der Waals surface area contributed by atoms with Crippen molar-refractivity contribution in [3.63, 3.8) is 0 Å². The molecule has 1 fully saturated rings. The largest absolute Gasteiger partial charge is 0.330 e. The molecule has 1 atom stereocenters. The van der Waals surface area contributed by atoms with E-state index in [2.05, 4.69) is 18.7 Å². The summed E-state index contributed by atoms with van der Waals surface area (Å²) in [5.74, 6) is 0.810. The number of rotatable bonds is 8. The number of hydrogen-bond donors (Lipinski definition) is 1. The highest BCUT2D eigenvalue weighted by atomic mass is 15.1. The summed E-state index contributed by atoms with van der Waals surface area (Å²) in [6, 6.07) is 0.888. The maximum absolute atomic E-state index is 5.59. The van der Waals surface area contributed by atoms with Crippen molar-refractivity contribution in [3.05, 3.63) is 0 Å². The summed E-state index contributed by atoms with van der Waals surface area (Å²) in [6.45, 7) is 8.04. The Balaban J connectivity index is 2.17. The lowest BCUT2D eigenvalue weighted by Gasteiger charge is -2.33. The highest BCUT2D eigenvalue weighted by molar-refractivity contribution is 4.75. The Hall–Kier alpha value is -0.0800. The number of hydrogen-bond acceptors (Lipinski definition) is 2. The van der Waals surface area contributed by atoms with Gasteiger partial charge in [-0.15, -0.1) is 0 Å². The van der Waals surface area contributed by atoms with E-state index < -0.39 is 0 Å². The van der Waals surface area contributed by atoms with Crippen molar-refractivity contribution in [1.29, 1.82) is 0 Å². The molecule has 0 aromatic rings. The highest BCUT2D eigenvalue weighted by Gasteiger charge is 2.19. The minimum absolute atomic E-state index is 0.810. The van der Waals surface area contributed by atoms with Crippen LogP contribution in [0.5, 0.6) is 0 Å². The van der Waals surface area contributed by atoms with Crippen LogP contribution < -0.4 is 5.73 Å². The molecule has 1 aliphatic rings. The van der Waals surface area contributed by atoms with E-state index >= 15 is 0 Å². The molecule has 1 rings (SSSR count). The Morgan fingerprint density at radius 3 is 2.47 bits per heavy atom. The van der Waals surface area contributed by atoms with E-state index in [-0.39, 0.29) is 0 Å². The fourth-order valence-electron chi connectivity index (χ4n) is 3.12. The van der Waals surface area contributed by atoms with Gasteiger partial charge in [0.1, 0.15) is 0 Å². The van der Waals surface area contributed by atoms with Crippen LogP contribution in [0.3, 0.4) is 0 Å². The molecule has 0 radical (unpaired) electrons. The molecule has 2 nitrogen and oxygen atoms in total. The minimum Gasteiger partial charge on any atom is -0.330 e. The third-order valence-corrected chi connectivity index (χ3v) is 4.30. The second kappa shape index (κ2) is 8.93. The first-order chi connectivity index (χ1) is 8.27. The van der Waals surface area contributed by atoms with E-state index in [1.54, 1.807) is 0 Å².